The van der Waals surface area contributed by atoms with Gasteiger partial charge in [-0.1, -0.05) is 6.07 Å². The minimum absolute atomic E-state index is 0.0588. The third kappa shape index (κ3) is 4.15. The summed E-state index contributed by atoms with van der Waals surface area (Å²) in [5.41, 5.74) is 0.835. The van der Waals surface area contributed by atoms with Crippen LogP contribution in [0, 0.1) is 5.82 Å². The molecule has 1 saturated heterocycles. The second-order valence-corrected chi connectivity index (χ2v) is 4.98. The molecule has 1 atom stereocenters. The minimum atomic E-state index is -0.454. The van der Waals surface area contributed by atoms with E-state index in [9.17, 15) is 9.18 Å². The Labute approximate surface area is 124 Å². The molecule has 0 spiro atoms. The Kier molecular flexibility index (Phi) is 5.52. The monoisotopic (exact) mass is 296 g/mol. The first-order chi connectivity index (χ1) is 10.1. The molecule has 6 heteroatoms. The van der Waals surface area contributed by atoms with Gasteiger partial charge in [0.2, 0.25) is 0 Å². The largest absolute Gasteiger partial charge is 0.481 e. The lowest BCUT2D eigenvalue weighted by Gasteiger charge is -2.26. The Morgan fingerprint density at radius 2 is 2.19 bits per heavy atom. The van der Waals surface area contributed by atoms with Crippen LogP contribution in [0.2, 0.25) is 0 Å². The third-order valence-corrected chi connectivity index (χ3v) is 3.60. The summed E-state index contributed by atoms with van der Waals surface area (Å²) in [5, 5.41) is 3.04. The Morgan fingerprint density at radius 3 is 2.81 bits per heavy atom. The zero-order valence-electron chi connectivity index (χ0n) is 12.4. The van der Waals surface area contributed by atoms with Crippen LogP contribution in [0.25, 0.3) is 0 Å². The van der Waals surface area contributed by atoms with E-state index >= 15 is 0 Å². The molecule has 0 aromatic heterocycles. The van der Waals surface area contributed by atoms with Gasteiger partial charge in [0.15, 0.2) is 18.2 Å². The van der Waals surface area contributed by atoms with E-state index in [1.165, 1.54) is 6.07 Å². The van der Waals surface area contributed by atoms with Crippen LogP contribution in [0.15, 0.2) is 18.2 Å². The minimum Gasteiger partial charge on any atom is -0.481 e. The highest BCUT2D eigenvalue weighted by atomic mass is 19.1. The van der Waals surface area contributed by atoms with E-state index in [4.69, 9.17) is 9.47 Å². The van der Waals surface area contributed by atoms with Gasteiger partial charge in [-0.15, -0.1) is 0 Å². The summed E-state index contributed by atoms with van der Waals surface area (Å²) in [6, 6.07) is 4.84. The molecule has 1 heterocycles. The van der Waals surface area contributed by atoms with Gasteiger partial charge in [-0.05, 0) is 31.7 Å². The van der Waals surface area contributed by atoms with Gasteiger partial charge in [0.05, 0.1) is 13.2 Å². The molecule has 1 N–H and O–H groups in total. The summed E-state index contributed by atoms with van der Waals surface area (Å²) >= 11 is 0. The first-order valence-electron chi connectivity index (χ1n) is 7.07. The van der Waals surface area contributed by atoms with Gasteiger partial charge in [0.1, 0.15) is 0 Å². The van der Waals surface area contributed by atoms with Gasteiger partial charge >= 0.3 is 0 Å². The fourth-order valence-electron chi connectivity index (χ4n) is 2.11. The van der Waals surface area contributed by atoms with Crippen LogP contribution in [0.3, 0.4) is 0 Å². The lowest BCUT2D eigenvalue weighted by atomic mass is 10.1. The molecule has 0 bridgehead atoms. The van der Waals surface area contributed by atoms with Crippen LogP contribution in [0.1, 0.15) is 18.5 Å². The normalized spacial score (nSPS) is 16.6. The number of ether oxygens (including phenoxy) is 2. The number of benzene rings is 1. The third-order valence-electron chi connectivity index (χ3n) is 3.60. The molecule has 1 aromatic rings. The van der Waals surface area contributed by atoms with Crippen molar-refractivity contribution in [2.75, 3.05) is 40.0 Å². The van der Waals surface area contributed by atoms with Crippen LogP contribution in [-0.2, 0) is 9.53 Å². The molecule has 1 aliphatic rings. The summed E-state index contributed by atoms with van der Waals surface area (Å²) in [4.78, 5) is 13.6. The number of nitrogens with one attached hydrogen (secondary N) is 1. The second-order valence-electron chi connectivity index (χ2n) is 4.98. The maximum atomic E-state index is 13.9. The smallest absolute Gasteiger partial charge is 0.260 e. The van der Waals surface area contributed by atoms with Crippen molar-refractivity contribution in [1.29, 1.82) is 0 Å². The van der Waals surface area contributed by atoms with Crippen molar-refractivity contribution in [2.24, 2.45) is 0 Å². The van der Waals surface area contributed by atoms with Crippen molar-refractivity contribution >= 4 is 5.91 Å². The van der Waals surface area contributed by atoms with Crippen molar-refractivity contribution in [2.45, 2.75) is 13.0 Å². The Balaban J connectivity index is 1.92. The molecular weight excluding hydrogens is 275 g/mol. The molecule has 0 saturated carbocycles. The number of halogens is 1. The highest BCUT2D eigenvalue weighted by Crippen LogP contribution is 2.22. The molecular formula is C15H21FN2O3. The summed E-state index contributed by atoms with van der Waals surface area (Å²) in [6.07, 6.45) is 0. The number of hydrogen-bond acceptors (Lipinski definition) is 4. The number of rotatable bonds is 5. The molecule has 1 aromatic carbocycles. The quantitative estimate of drug-likeness (QED) is 0.891. The average Bonchev–Trinajstić information content (AvgIpc) is 2.53. The zero-order chi connectivity index (χ0) is 15.2. The van der Waals surface area contributed by atoms with Crippen LogP contribution >= 0.6 is 0 Å². The summed E-state index contributed by atoms with van der Waals surface area (Å²) in [6.45, 7) is 3.98. The molecule has 0 radical (unpaired) electrons. The molecule has 1 amide bonds. The SMILES string of the molecule is CNC(C)c1ccc(OCC(=O)N2CCOCC2)c(F)c1. The van der Waals surface area contributed by atoms with Gasteiger partial charge in [-0.25, -0.2) is 4.39 Å². The molecule has 21 heavy (non-hydrogen) atoms. The summed E-state index contributed by atoms with van der Waals surface area (Å²) in [5.74, 6) is -0.501. The van der Waals surface area contributed by atoms with Crippen LogP contribution in [0.4, 0.5) is 4.39 Å². The molecule has 1 fully saturated rings. The van der Waals surface area contributed by atoms with Crippen LogP contribution in [0.5, 0.6) is 5.75 Å². The van der Waals surface area contributed by atoms with Crippen molar-refractivity contribution in [3.05, 3.63) is 29.6 Å². The van der Waals surface area contributed by atoms with E-state index in [1.54, 1.807) is 17.0 Å². The maximum Gasteiger partial charge on any atom is 0.260 e. The highest BCUT2D eigenvalue weighted by molar-refractivity contribution is 5.77. The number of nitrogens with zero attached hydrogens (tertiary/aromatic N) is 1. The first kappa shape index (κ1) is 15.7. The van der Waals surface area contributed by atoms with Gasteiger partial charge in [0, 0.05) is 19.1 Å². The van der Waals surface area contributed by atoms with Gasteiger partial charge in [-0.3, -0.25) is 4.79 Å². The van der Waals surface area contributed by atoms with E-state index in [2.05, 4.69) is 5.32 Å². The summed E-state index contributed by atoms with van der Waals surface area (Å²) in [7, 11) is 1.81. The van der Waals surface area contributed by atoms with Crippen molar-refractivity contribution < 1.29 is 18.7 Å². The molecule has 1 aliphatic heterocycles. The number of carbonyl (C=O) groups excluding carboxylic acids is 1. The molecule has 2 rings (SSSR count). The number of hydrogen-bond donors (Lipinski definition) is 1. The van der Waals surface area contributed by atoms with E-state index in [-0.39, 0.29) is 24.3 Å². The lowest BCUT2D eigenvalue weighted by Crippen LogP contribution is -2.43. The van der Waals surface area contributed by atoms with E-state index in [0.29, 0.717) is 26.3 Å². The van der Waals surface area contributed by atoms with Gasteiger partial charge in [-0.2, -0.15) is 0 Å². The average molecular weight is 296 g/mol. The van der Waals surface area contributed by atoms with Crippen molar-refractivity contribution in [1.82, 2.24) is 10.2 Å². The van der Waals surface area contributed by atoms with E-state index in [1.807, 2.05) is 14.0 Å². The van der Waals surface area contributed by atoms with E-state index < -0.39 is 5.82 Å². The van der Waals surface area contributed by atoms with Gasteiger partial charge in [0.25, 0.3) is 5.91 Å². The fourth-order valence-corrected chi connectivity index (χ4v) is 2.11. The molecule has 116 valence electrons. The molecule has 5 nitrogen and oxygen atoms in total. The van der Waals surface area contributed by atoms with Gasteiger partial charge < -0.3 is 19.7 Å². The predicted molar refractivity (Wildman–Crippen MR) is 76.8 cm³/mol. The van der Waals surface area contributed by atoms with Crippen LogP contribution < -0.4 is 10.1 Å². The van der Waals surface area contributed by atoms with Crippen LogP contribution in [-0.4, -0.2) is 50.8 Å². The Hall–Kier alpha value is -1.66. The molecule has 0 aliphatic carbocycles. The summed E-state index contributed by atoms with van der Waals surface area (Å²) < 4.78 is 24.4. The number of carbonyl (C=O) groups is 1. The van der Waals surface area contributed by atoms with Crippen molar-refractivity contribution in [3.8, 4) is 5.75 Å². The lowest BCUT2D eigenvalue weighted by molar-refractivity contribution is -0.137. The zero-order valence-corrected chi connectivity index (χ0v) is 12.4. The second kappa shape index (κ2) is 7.38. The standard InChI is InChI=1S/C15H21FN2O3/c1-11(17-2)12-3-4-14(13(16)9-12)21-10-15(19)18-5-7-20-8-6-18/h3-4,9,11,17H,5-8,10H2,1-2H3. The predicted octanol–water partition coefficient (Wildman–Crippen LogP) is 1.34. The first-order valence-corrected chi connectivity index (χ1v) is 7.07. The fraction of sp³-hybridized carbons (Fsp3) is 0.533. The Bertz CT molecular complexity index is 490. The number of morpholine rings is 1. The van der Waals surface area contributed by atoms with Crippen molar-refractivity contribution in [3.63, 3.8) is 0 Å². The topological polar surface area (TPSA) is 50.8 Å². The Morgan fingerprint density at radius 1 is 1.48 bits per heavy atom. The maximum absolute atomic E-state index is 13.9. The number of amides is 1. The highest BCUT2D eigenvalue weighted by Gasteiger charge is 2.18. The molecule has 1 unspecified atom stereocenters. The van der Waals surface area contributed by atoms with E-state index in [0.717, 1.165) is 5.56 Å².